The first-order valence-corrected chi connectivity index (χ1v) is 11.1. The van der Waals surface area contributed by atoms with E-state index in [1.54, 1.807) is 19.1 Å². The molecule has 0 aliphatic heterocycles. The van der Waals surface area contributed by atoms with Gasteiger partial charge < -0.3 is 10.1 Å². The molecule has 1 amide bonds. The molecule has 1 atom stereocenters. The molecule has 1 N–H and O–H groups in total. The smallest absolute Gasteiger partial charge is 0.267 e. The van der Waals surface area contributed by atoms with Crippen LogP contribution < -0.4 is 21.2 Å². The highest BCUT2D eigenvalue weighted by Crippen LogP contribution is 2.38. The summed E-state index contributed by atoms with van der Waals surface area (Å²) in [5.41, 5.74) is 1.71. The number of rotatable bonds is 9. The fraction of sp³-hybridized carbons (Fsp3) is 0.375. The maximum atomic E-state index is 12.7. The Hall–Kier alpha value is -3.75. The van der Waals surface area contributed by atoms with Crippen molar-refractivity contribution in [2.24, 2.45) is 0 Å². The summed E-state index contributed by atoms with van der Waals surface area (Å²) in [6, 6.07) is 12.9. The summed E-state index contributed by atoms with van der Waals surface area (Å²) in [4.78, 5) is 37.1. The fourth-order valence-corrected chi connectivity index (χ4v) is 3.51. The molecule has 3 aromatic rings. The fourth-order valence-electron chi connectivity index (χ4n) is 3.51. The van der Waals surface area contributed by atoms with Crippen molar-refractivity contribution in [3.63, 3.8) is 0 Å². The molecule has 0 bridgehead atoms. The standard InChI is InChI=1S/C24H27N5O4/c1-3-33-19-8-6-18(7-9-19)21-11-13-23(31)29(27-21)16(2)24(32)25-14-15-28-22(30)12-10-20(26-28)17-4-5-17/h6-13,16-17H,3-5,14-15H2,1-2H3,(H,25,32). The molecule has 9 heteroatoms. The Morgan fingerprint density at radius 2 is 1.79 bits per heavy atom. The number of ether oxygens (including phenoxy) is 1. The zero-order valence-electron chi connectivity index (χ0n) is 18.7. The van der Waals surface area contributed by atoms with Crippen LogP contribution in [-0.2, 0) is 11.3 Å². The molecule has 4 rings (SSSR count). The van der Waals surface area contributed by atoms with Crippen LogP contribution in [0.25, 0.3) is 11.3 Å². The van der Waals surface area contributed by atoms with Crippen LogP contribution in [0.1, 0.15) is 44.3 Å². The lowest BCUT2D eigenvalue weighted by molar-refractivity contribution is -0.124. The molecular weight excluding hydrogens is 422 g/mol. The van der Waals surface area contributed by atoms with Crippen molar-refractivity contribution in [3.8, 4) is 17.0 Å². The lowest BCUT2D eigenvalue weighted by atomic mass is 10.1. The van der Waals surface area contributed by atoms with Crippen molar-refractivity contribution in [2.45, 2.75) is 45.2 Å². The van der Waals surface area contributed by atoms with E-state index in [0.29, 0.717) is 18.2 Å². The van der Waals surface area contributed by atoms with E-state index in [9.17, 15) is 14.4 Å². The molecule has 2 heterocycles. The zero-order valence-corrected chi connectivity index (χ0v) is 18.7. The van der Waals surface area contributed by atoms with Gasteiger partial charge in [-0.05, 0) is 63.1 Å². The van der Waals surface area contributed by atoms with E-state index < -0.39 is 6.04 Å². The molecule has 1 saturated carbocycles. The van der Waals surface area contributed by atoms with Gasteiger partial charge in [-0.25, -0.2) is 9.36 Å². The molecule has 1 aromatic carbocycles. The molecule has 33 heavy (non-hydrogen) atoms. The minimum absolute atomic E-state index is 0.206. The zero-order chi connectivity index (χ0) is 23.4. The second kappa shape index (κ2) is 9.81. The molecule has 1 unspecified atom stereocenters. The third-order valence-corrected chi connectivity index (χ3v) is 5.54. The Morgan fingerprint density at radius 1 is 1.06 bits per heavy atom. The minimum Gasteiger partial charge on any atom is -0.494 e. The summed E-state index contributed by atoms with van der Waals surface area (Å²) in [7, 11) is 0. The van der Waals surface area contributed by atoms with Crippen LogP contribution in [0.5, 0.6) is 5.75 Å². The highest BCUT2D eigenvalue weighted by molar-refractivity contribution is 5.79. The Kier molecular flexibility index (Phi) is 6.67. The molecule has 1 aliphatic carbocycles. The van der Waals surface area contributed by atoms with Gasteiger partial charge in [0.25, 0.3) is 11.1 Å². The molecule has 2 aromatic heterocycles. The Morgan fingerprint density at radius 3 is 2.48 bits per heavy atom. The van der Waals surface area contributed by atoms with E-state index in [1.807, 2.05) is 31.2 Å². The van der Waals surface area contributed by atoms with Crippen LogP contribution in [0.15, 0.2) is 58.1 Å². The van der Waals surface area contributed by atoms with Crippen LogP contribution in [0.3, 0.4) is 0 Å². The van der Waals surface area contributed by atoms with Crippen LogP contribution in [0.2, 0.25) is 0 Å². The average molecular weight is 450 g/mol. The van der Waals surface area contributed by atoms with Crippen molar-refractivity contribution in [2.75, 3.05) is 13.2 Å². The number of aromatic nitrogens is 4. The largest absolute Gasteiger partial charge is 0.494 e. The number of amides is 1. The number of benzene rings is 1. The Balaban J connectivity index is 1.42. The molecule has 0 saturated heterocycles. The van der Waals surface area contributed by atoms with E-state index >= 15 is 0 Å². The van der Waals surface area contributed by atoms with Gasteiger partial charge >= 0.3 is 0 Å². The third kappa shape index (κ3) is 5.36. The summed E-state index contributed by atoms with van der Waals surface area (Å²) in [6.07, 6.45) is 2.19. The van der Waals surface area contributed by atoms with Gasteiger partial charge in [-0.1, -0.05) is 0 Å². The third-order valence-electron chi connectivity index (χ3n) is 5.54. The maximum absolute atomic E-state index is 12.7. The van der Waals surface area contributed by atoms with Crippen molar-refractivity contribution in [3.05, 3.63) is 74.9 Å². The van der Waals surface area contributed by atoms with Crippen LogP contribution in [-0.4, -0.2) is 38.6 Å². The predicted octanol–water partition coefficient (Wildman–Crippen LogP) is 2.12. The summed E-state index contributed by atoms with van der Waals surface area (Å²) >= 11 is 0. The van der Waals surface area contributed by atoms with Crippen molar-refractivity contribution < 1.29 is 9.53 Å². The van der Waals surface area contributed by atoms with E-state index in [2.05, 4.69) is 15.5 Å². The monoisotopic (exact) mass is 449 g/mol. The molecular formula is C24H27N5O4. The molecule has 1 aliphatic rings. The highest BCUT2D eigenvalue weighted by Gasteiger charge is 2.25. The van der Waals surface area contributed by atoms with Gasteiger partial charge in [0, 0.05) is 30.2 Å². The second-order valence-electron chi connectivity index (χ2n) is 8.02. The van der Waals surface area contributed by atoms with Crippen LogP contribution in [0.4, 0.5) is 0 Å². The van der Waals surface area contributed by atoms with Gasteiger partial charge in [-0.3, -0.25) is 14.4 Å². The van der Waals surface area contributed by atoms with Crippen LogP contribution >= 0.6 is 0 Å². The van der Waals surface area contributed by atoms with E-state index in [1.165, 1.54) is 21.5 Å². The van der Waals surface area contributed by atoms with E-state index in [4.69, 9.17) is 4.74 Å². The number of hydrogen-bond acceptors (Lipinski definition) is 6. The van der Waals surface area contributed by atoms with Crippen molar-refractivity contribution >= 4 is 5.91 Å². The lowest BCUT2D eigenvalue weighted by Gasteiger charge is -2.15. The number of nitrogens with zero attached hydrogens (tertiary/aromatic N) is 4. The first-order valence-electron chi connectivity index (χ1n) is 11.1. The number of carbonyl (C=O) groups excluding carboxylic acids is 1. The molecule has 9 nitrogen and oxygen atoms in total. The number of hydrogen-bond donors (Lipinski definition) is 1. The maximum Gasteiger partial charge on any atom is 0.267 e. The average Bonchev–Trinajstić information content (AvgIpc) is 3.66. The van der Waals surface area contributed by atoms with Gasteiger partial charge in [0.1, 0.15) is 11.8 Å². The van der Waals surface area contributed by atoms with Gasteiger partial charge in [-0.2, -0.15) is 10.2 Å². The van der Waals surface area contributed by atoms with Gasteiger partial charge in [0.05, 0.1) is 24.5 Å². The number of carbonyl (C=O) groups is 1. The Bertz CT molecular complexity index is 1240. The normalized spacial score (nSPS) is 14.0. The van der Waals surface area contributed by atoms with Crippen molar-refractivity contribution in [1.82, 2.24) is 24.9 Å². The van der Waals surface area contributed by atoms with E-state index in [0.717, 1.165) is 29.8 Å². The molecule has 1 fully saturated rings. The van der Waals surface area contributed by atoms with Gasteiger partial charge in [0.2, 0.25) is 5.91 Å². The highest BCUT2D eigenvalue weighted by atomic mass is 16.5. The van der Waals surface area contributed by atoms with Crippen molar-refractivity contribution in [1.29, 1.82) is 0 Å². The minimum atomic E-state index is -0.817. The summed E-state index contributed by atoms with van der Waals surface area (Å²) in [5.74, 6) is 0.825. The molecule has 0 radical (unpaired) electrons. The lowest BCUT2D eigenvalue weighted by Crippen LogP contribution is -2.39. The molecule has 0 spiro atoms. The first kappa shape index (κ1) is 22.4. The number of nitrogens with one attached hydrogen (secondary N) is 1. The summed E-state index contributed by atoms with van der Waals surface area (Å²) < 4.78 is 7.99. The second-order valence-corrected chi connectivity index (χ2v) is 8.02. The summed E-state index contributed by atoms with van der Waals surface area (Å²) in [6.45, 7) is 4.58. The van der Waals surface area contributed by atoms with Gasteiger partial charge in [0.15, 0.2) is 0 Å². The topological polar surface area (TPSA) is 108 Å². The Labute approximate surface area is 191 Å². The molecule has 172 valence electrons. The van der Waals surface area contributed by atoms with E-state index in [-0.39, 0.29) is 30.1 Å². The quantitative estimate of drug-likeness (QED) is 0.536. The predicted molar refractivity (Wildman–Crippen MR) is 123 cm³/mol. The summed E-state index contributed by atoms with van der Waals surface area (Å²) in [5, 5.41) is 11.6. The van der Waals surface area contributed by atoms with Gasteiger partial charge in [-0.15, -0.1) is 0 Å². The SMILES string of the molecule is CCOc1ccc(-c2ccc(=O)n(C(C)C(=O)NCCn3nc(C4CC4)ccc3=O)n2)cc1. The first-order chi connectivity index (χ1) is 16.0. The van der Waals surface area contributed by atoms with Crippen LogP contribution in [0, 0.1) is 0 Å².